The van der Waals surface area contributed by atoms with E-state index in [2.05, 4.69) is 32.4 Å². The summed E-state index contributed by atoms with van der Waals surface area (Å²) in [5.74, 6) is 1.48. The second-order valence-electron chi connectivity index (χ2n) is 5.19. The van der Waals surface area contributed by atoms with E-state index in [-0.39, 0.29) is 0 Å². The molecule has 6 heteroatoms. The van der Waals surface area contributed by atoms with Crippen molar-refractivity contribution in [2.45, 2.75) is 6.42 Å². The third-order valence-electron chi connectivity index (χ3n) is 3.58. The van der Waals surface area contributed by atoms with E-state index >= 15 is 0 Å². The van der Waals surface area contributed by atoms with Gasteiger partial charge in [-0.05, 0) is 5.56 Å². The van der Waals surface area contributed by atoms with Crippen LogP contribution in [-0.4, -0.2) is 29.4 Å². The van der Waals surface area contributed by atoms with Crippen LogP contribution in [0.1, 0.15) is 11.4 Å². The van der Waals surface area contributed by atoms with E-state index in [9.17, 15) is 0 Å². The molecule has 0 saturated carbocycles. The van der Waals surface area contributed by atoms with Crippen molar-refractivity contribution < 1.29 is 0 Å². The summed E-state index contributed by atoms with van der Waals surface area (Å²) in [6.45, 7) is 0. The fraction of sp³-hybridized carbons (Fsp3) is 0.125. The van der Waals surface area contributed by atoms with Crippen molar-refractivity contribution in [2.75, 3.05) is 0 Å². The summed E-state index contributed by atoms with van der Waals surface area (Å²) >= 11 is 0. The average molecular weight is 290 g/mol. The molecule has 22 heavy (non-hydrogen) atoms. The second-order valence-corrected chi connectivity index (χ2v) is 5.19. The standard InChI is InChI=1S/C16H14N6/c1-21-10-14(9-18-21)13-8-17-16-20-19-15(22(16)11-13)7-12-5-3-2-4-6-12/h2-6,8-11H,7H2,1H3. The van der Waals surface area contributed by atoms with Gasteiger partial charge >= 0.3 is 0 Å². The molecule has 0 atom stereocenters. The molecule has 4 aromatic rings. The number of nitrogens with zero attached hydrogens (tertiary/aromatic N) is 6. The Kier molecular flexibility index (Phi) is 2.93. The minimum Gasteiger partial charge on any atom is -0.275 e. The van der Waals surface area contributed by atoms with Crippen LogP contribution in [0.15, 0.2) is 55.1 Å². The normalized spacial score (nSPS) is 11.1. The lowest BCUT2D eigenvalue weighted by atomic mass is 10.1. The summed E-state index contributed by atoms with van der Waals surface area (Å²) < 4.78 is 3.71. The maximum atomic E-state index is 4.38. The van der Waals surface area contributed by atoms with E-state index in [1.807, 2.05) is 48.2 Å². The first-order valence-corrected chi connectivity index (χ1v) is 7.02. The minimum absolute atomic E-state index is 0.610. The molecule has 0 saturated heterocycles. The third kappa shape index (κ3) is 2.24. The number of aryl methyl sites for hydroxylation is 1. The zero-order valence-electron chi connectivity index (χ0n) is 12.1. The van der Waals surface area contributed by atoms with E-state index in [4.69, 9.17) is 0 Å². The zero-order chi connectivity index (χ0) is 14.9. The summed E-state index contributed by atoms with van der Waals surface area (Å²) in [6, 6.07) is 10.2. The number of benzene rings is 1. The van der Waals surface area contributed by atoms with Crippen LogP contribution < -0.4 is 0 Å². The van der Waals surface area contributed by atoms with Gasteiger partial charge in [-0.3, -0.25) is 9.08 Å². The molecule has 3 heterocycles. The smallest absolute Gasteiger partial charge is 0.254 e. The highest BCUT2D eigenvalue weighted by Crippen LogP contribution is 2.18. The van der Waals surface area contributed by atoms with Crippen molar-refractivity contribution >= 4 is 5.78 Å². The van der Waals surface area contributed by atoms with Gasteiger partial charge in [-0.1, -0.05) is 30.3 Å². The number of hydrogen-bond acceptors (Lipinski definition) is 4. The monoisotopic (exact) mass is 290 g/mol. The Hall–Kier alpha value is -3.02. The molecule has 0 aliphatic heterocycles. The molecule has 108 valence electrons. The number of rotatable bonds is 3. The van der Waals surface area contributed by atoms with Crippen LogP contribution >= 0.6 is 0 Å². The highest BCUT2D eigenvalue weighted by Gasteiger charge is 2.09. The van der Waals surface area contributed by atoms with Crippen molar-refractivity contribution in [1.29, 1.82) is 0 Å². The predicted molar refractivity (Wildman–Crippen MR) is 82.2 cm³/mol. The Morgan fingerprint density at radius 1 is 0.955 bits per heavy atom. The highest BCUT2D eigenvalue weighted by atomic mass is 15.3. The maximum absolute atomic E-state index is 4.38. The van der Waals surface area contributed by atoms with Gasteiger partial charge in [-0.15, -0.1) is 10.2 Å². The minimum atomic E-state index is 0.610. The van der Waals surface area contributed by atoms with Gasteiger partial charge in [0.15, 0.2) is 0 Å². The Labute approximate surface area is 127 Å². The van der Waals surface area contributed by atoms with Crippen molar-refractivity contribution in [2.24, 2.45) is 7.05 Å². The lowest BCUT2D eigenvalue weighted by Gasteiger charge is -2.02. The SMILES string of the molecule is Cn1cc(-c2cnc3nnc(Cc4ccccc4)n3c2)cn1. The number of fused-ring (bicyclic) bond motifs is 1. The van der Waals surface area contributed by atoms with Crippen molar-refractivity contribution in [1.82, 2.24) is 29.4 Å². The van der Waals surface area contributed by atoms with Gasteiger partial charge in [0.05, 0.1) is 6.20 Å². The molecule has 0 aliphatic rings. The van der Waals surface area contributed by atoms with Crippen molar-refractivity contribution in [3.8, 4) is 11.1 Å². The third-order valence-corrected chi connectivity index (χ3v) is 3.58. The maximum Gasteiger partial charge on any atom is 0.254 e. The van der Waals surface area contributed by atoms with Crippen molar-refractivity contribution in [3.63, 3.8) is 0 Å². The lowest BCUT2D eigenvalue weighted by molar-refractivity contribution is 0.768. The highest BCUT2D eigenvalue weighted by molar-refractivity contribution is 5.60. The molecule has 0 bridgehead atoms. The topological polar surface area (TPSA) is 60.9 Å². The van der Waals surface area contributed by atoms with Crippen LogP contribution in [0.4, 0.5) is 0 Å². The molecular formula is C16H14N6. The Balaban J connectivity index is 1.76. The first-order valence-electron chi connectivity index (χ1n) is 7.02. The molecule has 0 fully saturated rings. The van der Waals surface area contributed by atoms with Crippen LogP contribution in [0.25, 0.3) is 16.9 Å². The van der Waals surface area contributed by atoms with Crippen LogP contribution in [0.5, 0.6) is 0 Å². The molecular weight excluding hydrogens is 276 g/mol. The molecule has 0 unspecified atom stereocenters. The van der Waals surface area contributed by atoms with Gasteiger partial charge in [0.2, 0.25) is 0 Å². The molecule has 0 aliphatic carbocycles. The molecule has 4 rings (SSSR count). The van der Waals surface area contributed by atoms with Crippen LogP contribution in [0, 0.1) is 0 Å². The Morgan fingerprint density at radius 3 is 2.55 bits per heavy atom. The van der Waals surface area contributed by atoms with E-state index in [0.29, 0.717) is 5.78 Å². The van der Waals surface area contributed by atoms with Crippen LogP contribution in [0.3, 0.4) is 0 Å². The number of hydrogen-bond donors (Lipinski definition) is 0. The predicted octanol–water partition coefficient (Wildman–Crippen LogP) is 2.12. The van der Waals surface area contributed by atoms with Crippen LogP contribution in [-0.2, 0) is 13.5 Å². The molecule has 0 amide bonds. The fourth-order valence-electron chi connectivity index (χ4n) is 2.45. The summed E-state index contributed by atoms with van der Waals surface area (Å²) in [7, 11) is 1.90. The first-order chi connectivity index (χ1) is 10.8. The van der Waals surface area contributed by atoms with Gasteiger partial charge in [-0.2, -0.15) is 5.10 Å². The van der Waals surface area contributed by atoms with E-state index in [1.54, 1.807) is 10.9 Å². The molecule has 6 nitrogen and oxygen atoms in total. The number of aromatic nitrogens is 6. The zero-order valence-corrected chi connectivity index (χ0v) is 12.1. The summed E-state index contributed by atoms with van der Waals surface area (Å²) in [5, 5.41) is 12.6. The molecule has 0 radical (unpaired) electrons. The summed E-state index contributed by atoms with van der Waals surface area (Å²) in [4.78, 5) is 4.38. The Bertz CT molecular complexity index is 922. The van der Waals surface area contributed by atoms with Crippen molar-refractivity contribution in [3.05, 3.63) is 66.5 Å². The Morgan fingerprint density at radius 2 is 1.77 bits per heavy atom. The van der Waals surface area contributed by atoms with Crippen LogP contribution in [0.2, 0.25) is 0 Å². The van der Waals surface area contributed by atoms with Gasteiger partial charge in [0, 0.05) is 43.2 Å². The summed E-state index contributed by atoms with van der Waals surface area (Å²) in [6.07, 6.45) is 8.32. The van der Waals surface area contributed by atoms with E-state index in [1.165, 1.54) is 5.56 Å². The van der Waals surface area contributed by atoms with E-state index in [0.717, 1.165) is 23.4 Å². The van der Waals surface area contributed by atoms with Gasteiger partial charge in [0.1, 0.15) is 5.82 Å². The second kappa shape index (κ2) is 5.07. The van der Waals surface area contributed by atoms with E-state index < -0.39 is 0 Å². The molecule has 3 aromatic heterocycles. The fourth-order valence-corrected chi connectivity index (χ4v) is 2.45. The van der Waals surface area contributed by atoms with Gasteiger partial charge in [0.25, 0.3) is 5.78 Å². The van der Waals surface area contributed by atoms with Gasteiger partial charge < -0.3 is 0 Å². The van der Waals surface area contributed by atoms with Gasteiger partial charge in [-0.25, -0.2) is 4.98 Å². The summed E-state index contributed by atoms with van der Waals surface area (Å²) in [5.41, 5.74) is 3.22. The molecule has 0 N–H and O–H groups in total. The quantitative estimate of drug-likeness (QED) is 0.580. The lowest BCUT2D eigenvalue weighted by Crippen LogP contribution is -1.98. The largest absolute Gasteiger partial charge is 0.275 e. The molecule has 1 aromatic carbocycles. The average Bonchev–Trinajstić information content (AvgIpc) is 3.15. The molecule has 0 spiro atoms. The first kappa shape index (κ1) is 12.7.